The van der Waals surface area contributed by atoms with Crippen molar-refractivity contribution in [2.45, 2.75) is 0 Å². The van der Waals surface area contributed by atoms with E-state index < -0.39 is 72.0 Å². The SMILES string of the molecule is [2H]c1c([2H])c([2H])c(-c2c([2H])c([2H])c([2H])c3oc4c([2H])c([2H])c([2H])c(-c5c6ccccc6c(-c6c([2H])c([2H])c(-c7ccccc7)c([2H])c6[2H])c6ccccc56)c4c23)c([2H])c1[2H]. The molecule has 0 saturated carbocycles. The van der Waals surface area contributed by atoms with Crippen LogP contribution < -0.4 is 0 Å². The van der Waals surface area contributed by atoms with Crippen LogP contribution in [-0.2, 0) is 0 Å². The van der Waals surface area contributed by atoms with Gasteiger partial charge in [-0.1, -0.05) is 157 Å². The molecule has 9 aromatic rings. The molecule has 0 aliphatic carbocycles. The Labute approximate surface area is 282 Å². The number of rotatable bonds is 4. The zero-order valence-corrected chi connectivity index (χ0v) is 23.4. The minimum atomic E-state index is -0.706. The molecule has 0 fully saturated rings. The second kappa shape index (κ2) is 10.4. The monoisotopic (exact) mass is 587 g/mol. The first kappa shape index (κ1) is 14.7. The first-order chi connectivity index (χ1) is 28.6. The van der Waals surface area contributed by atoms with Gasteiger partial charge in [0, 0.05) is 10.8 Å². The summed E-state index contributed by atoms with van der Waals surface area (Å²) in [4.78, 5) is 0. The van der Waals surface area contributed by atoms with Crippen LogP contribution in [0.1, 0.15) is 20.6 Å². The van der Waals surface area contributed by atoms with Gasteiger partial charge in [-0.3, -0.25) is 0 Å². The number of fused-ring (bicyclic) bond motifs is 5. The van der Waals surface area contributed by atoms with E-state index in [1.807, 2.05) is 0 Å². The first-order valence-corrected chi connectivity index (χ1v) is 14.2. The Morgan fingerprint density at radius 2 is 0.867 bits per heavy atom. The lowest BCUT2D eigenvalue weighted by atomic mass is 9.84. The summed E-state index contributed by atoms with van der Waals surface area (Å²) in [5.74, 6) is 0. The summed E-state index contributed by atoms with van der Waals surface area (Å²) in [6, 6.07) is 14.6. The third-order valence-electron chi connectivity index (χ3n) is 8.00. The van der Waals surface area contributed by atoms with Crippen LogP contribution in [-0.4, -0.2) is 0 Å². The van der Waals surface area contributed by atoms with Gasteiger partial charge in [-0.25, -0.2) is 0 Å². The van der Waals surface area contributed by atoms with E-state index in [2.05, 4.69) is 0 Å². The molecule has 0 atom stereocenters. The molecule has 0 N–H and O–H groups in total. The summed E-state index contributed by atoms with van der Waals surface area (Å²) in [5.41, 5.74) is -0.0707. The van der Waals surface area contributed by atoms with Gasteiger partial charge in [0.15, 0.2) is 0 Å². The maximum atomic E-state index is 9.52. The van der Waals surface area contributed by atoms with Gasteiger partial charge in [0.1, 0.15) is 11.2 Å². The number of furan rings is 1. The van der Waals surface area contributed by atoms with E-state index in [1.54, 1.807) is 78.9 Å². The Bertz CT molecular complexity index is 3260. The Hall–Kier alpha value is -5.92. The summed E-state index contributed by atoms with van der Waals surface area (Å²) in [5, 5.41) is 1.54. The highest BCUT2D eigenvalue weighted by molar-refractivity contribution is 6.26. The van der Waals surface area contributed by atoms with Crippen molar-refractivity contribution in [1.29, 1.82) is 0 Å². The van der Waals surface area contributed by atoms with Crippen LogP contribution in [0.3, 0.4) is 0 Å². The van der Waals surface area contributed by atoms with Crippen LogP contribution >= 0.6 is 0 Å². The van der Waals surface area contributed by atoms with Gasteiger partial charge in [0.2, 0.25) is 0 Å². The van der Waals surface area contributed by atoms with E-state index in [0.717, 1.165) is 0 Å². The third kappa shape index (κ3) is 4.09. The smallest absolute Gasteiger partial charge is 0.136 e. The van der Waals surface area contributed by atoms with Gasteiger partial charge in [-0.2, -0.15) is 0 Å². The van der Waals surface area contributed by atoms with Crippen LogP contribution in [0.2, 0.25) is 0 Å². The van der Waals surface area contributed by atoms with Crippen LogP contribution in [0.15, 0.2) is 174 Å². The zero-order valence-electron chi connectivity index (χ0n) is 38.4. The van der Waals surface area contributed by atoms with Crippen LogP contribution in [0.5, 0.6) is 0 Å². The number of benzene rings is 8. The highest BCUT2D eigenvalue weighted by atomic mass is 16.3. The zero-order chi connectivity index (χ0) is 42.8. The molecule has 1 aromatic heterocycles. The maximum absolute atomic E-state index is 9.52. The number of hydrogen-bond donors (Lipinski definition) is 0. The van der Waals surface area contributed by atoms with E-state index in [9.17, 15) is 4.11 Å². The lowest BCUT2D eigenvalue weighted by molar-refractivity contribution is 0.669. The molecule has 0 spiro atoms. The fourth-order valence-electron chi connectivity index (χ4n) is 6.11. The van der Waals surface area contributed by atoms with Crippen LogP contribution in [0, 0.1) is 0 Å². The van der Waals surface area contributed by atoms with Gasteiger partial charge >= 0.3 is 0 Å². The van der Waals surface area contributed by atoms with Gasteiger partial charge < -0.3 is 4.42 Å². The van der Waals surface area contributed by atoms with E-state index in [0.29, 0.717) is 38.2 Å². The van der Waals surface area contributed by atoms with E-state index >= 15 is 0 Å². The predicted octanol–water partition coefficient (Wildman–Crippen LogP) is 12.6. The lowest BCUT2D eigenvalue weighted by Crippen LogP contribution is -1.91. The van der Waals surface area contributed by atoms with E-state index in [1.165, 1.54) is 0 Å². The van der Waals surface area contributed by atoms with Gasteiger partial charge in [0.25, 0.3) is 0 Å². The molecule has 0 saturated heterocycles. The summed E-state index contributed by atoms with van der Waals surface area (Å²) in [6.07, 6.45) is 0. The van der Waals surface area contributed by atoms with Crippen molar-refractivity contribution in [3.63, 3.8) is 0 Å². The molecule has 9 rings (SSSR count). The predicted molar refractivity (Wildman–Crippen MR) is 190 cm³/mol. The van der Waals surface area contributed by atoms with Crippen molar-refractivity contribution in [2.24, 2.45) is 0 Å². The summed E-state index contributed by atoms with van der Waals surface area (Å²) in [6.45, 7) is 0. The van der Waals surface area contributed by atoms with Crippen molar-refractivity contribution < 1.29 is 25.0 Å². The standard InChI is InChI=1S/C44H28O/c1-3-13-29(14-4-1)30-25-27-32(28-26-30)41-34-17-7-9-19-36(34)42(37-20-10-8-18-35(37)41)38-22-12-24-40-44(38)43-33(21-11-23-39(43)45-40)31-15-5-2-6-16-31/h1-28H/i2D,5D,6D,11D,12D,15D,16D,21D,22D,23D,24D,25D,26D,27D,28D. The highest BCUT2D eigenvalue weighted by Crippen LogP contribution is 2.48. The lowest BCUT2D eigenvalue weighted by Gasteiger charge is -2.18. The second-order valence-electron chi connectivity index (χ2n) is 10.5. The highest BCUT2D eigenvalue weighted by Gasteiger charge is 2.21. The maximum Gasteiger partial charge on any atom is 0.136 e. The fourth-order valence-corrected chi connectivity index (χ4v) is 6.11. The Kier molecular flexibility index (Phi) is 3.39. The van der Waals surface area contributed by atoms with Crippen LogP contribution in [0.25, 0.3) is 88.0 Å². The molecule has 0 radical (unpaired) electrons. The molecule has 1 heteroatoms. The average molecular weight is 588 g/mol. The minimum Gasteiger partial charge on any atom is -0.456 e. The molecule has 0 aliphatic rings. The Balaban J connectivity index is 1.50. The molecule has 0 bridgehead atoms. The minimum absolute atomic E-state index is 0.00664. The molecule has 8 aromatic carbocycles. The molecular formula is C44H28O. The van der Waals surface area contributed by atoms with Crippen molar-refractivity contribution in [2.75, 3.05) is 0 Å². The molecule has 45 heavy (non-hydrogen) atoms. The molecule has 0 amide bonds. The van der Waals surface area contributed by atoms with Crippen LogP contribution in [0.4, 0.5) is 0 Å². The van der Waals surface area contributed by atoms with Crippen molar-refractivity contribution in [3.8, 4) is 44.5 Å². The quantitative estimate of drug-likeness (QED) is 0.187. The molecule has 1 heterocycles. The van der Waals surface area contributed by atoms with Gasteiger partial charge in [-0.05, 0) is 78.1 Å². The van der Waals surface area contributed by atoms with E-state index in [-0.39, 0.29) is 68.4 Å². The molecular weight excluding hydrogens is 544 g/mol. The molecule has 0 unspecified atom stereocenters. The summed E-state index contributed by atoms with van der Waals surface area (Å²) >= 11 is 0. The summed E-state index contributed by atoms with van der Waals surface area (Å²) < 4.78 is 140. The third-order valence-corrected chi connectivity index (χ3v) is 8.00. The van der Waals surface area contributed by atoms with Gasteiger partial charge in [-0.15, -0.1) is 0 Å². The Morgan fingerprint density at radius 3 is 1.49 bits per heavy atom. The number of hydrogen-bond acceptors (Lipinski definition) is 1. The largest absolute Gasteiger partial charge is 0.456 e. The van der Waals surface area contributed by atoms with E-state index in [4.69, 9.17) is 20.9 Å². The first-order valence-electron chi connectivity index (χ1n) is 21.7. The van der Waals surface area contributed by atoms with Crippen molar-refractivity contribution >= 4 is 43.5 Å². The molecule has 0 aliphatic heterocycles. The molecule has 210 valence electrons. The normalized spacial score (nSPS) is 16.2. The fraction of sp³-hybridized carbons (Fsp3) is 0. The van der Waals surface area contributed by atoms with Gasteiger partial charge in [0.05, 0.1) is 20.6 Å². The molecule has 1 nitrogen and oxygen atoms in total. The van der Waals surface area contributed by atoms with Crippen molar-refractivity contribution in [1.82, 2.24) is 0 Å². The van der Waals surface area contributed by atoms with Crippen molar-refractivity contribution in [3.05, 3.63) is 169 Å². The summed E-state index contributed by atoms with van der Waals surface area (Å²) in [7, 11) is 0. The Morgan fingerprint density at radius 1 is 0.356 bits per heavy atom. The average Bonchev–Trinajstić information content (AvgIpc) is 3.65. The topological polar surface area (TPSA) is 13.1 Å². The second-order valence-corrected chi connectivity index (χ2v) is 10.5.